The Morgan fingerprint density at radius 3 is 2.68 bits per heavy atom. The summed E-state index contributed by atoms with van der Waals surface area (Å²) in [6, 6.07) is 13.0. The molecule has 2 rings (SSSR count). The van der Waals surface area contributed by atoms with Gasteiger partial charge in [-0.2, -0.15) is 5.26 Å². The SMILES string of the molecule is Cc1ccc(C#N)cc1Oc1cc(Cl)ccc1CBr. The van der Waals surface area contributed by atoms with Crippen molar-refractivity contribution < 1.29 is 4.74 Å². The number of ether oxygens (including phenoxy) is 1. The molecule has 4 heteroatoms. The number of hydrogen-bond acceptors (Lipinski definition) is 2. The highest BCUT2D eigenvalue weighted by atomic mass is 79.9. The van der Waals surface area contributed by atoms with Crippen molar-refractivity contribution in [1.29, 1.82) is 5.26 Å². The van der Waals surface area contributed by atoms with Gasteiger partial charge in [0, 0.05) is 15.9 Å². The lowest BCUT2D eigenvalue weighted by molar-refractivity contribution is 0.475. The molecule has 0 aromatic heterocycles. The van der Waals surface area contributed by atoms with E-state index in [4.69, 9.17) is 21.6 Å². The summed E-state index contributed by atoms with van der Waals surface area (Å²) in [5, 5.41) is 10.2. The Morgan fingerprint density at radius 1 is 1.21 bits per heavy atom. The van der Waals surface area contributed by atoms with E-state index < -0.39 is 0 Å². The molecule has 0 saturated carbocycles. The Balaban J connectivity index is 2.41. The molecule has 2 nitrogen and oxygen atoms in total. The van der Waals surface area contributed by atoms with Crippen molar-refractivity contribution in [2.45, 2.75) is 12.3 Å². The van der Waals surface area contributed by atoms with Crippen LogP contribution in [0.3, 0.4) is 0 Å². The third-order valence-corrected chi connectivity index (χ3v) is 3.55. The van der Waals surface area contributed by atoms with Crippen LogP contribution in [0.5, 0.6) is 11.5 Å². The lowest BCUT2D eigenvalue weighted by atomic mass is 10.1. The van der Waals surface area contributed by atoms with Gasteiger partial charge in [-0.25, -0.2) is 0 Å². The second-order valence-electron chi connectivity index (χ2n) is 4.08. The van der Waals surface area contributed by atoms with E-state index in [0.29, 0.717) is 27.4 Å². The molecule has 0 aliphatic rings. The molecule has 0 aliphatic carbocycles. The molecule has 0 spiro atoms. The normalized spacial score (nSPS) is 10.0. The molecule has 0 N–H and O–H groups in total. The highest BCUT2D eigenvalue weighted by Gasteiger charge is 2.08. The Bertz CT molecular complexity index is 649. The van der Waals surface area contributed by atoms with Crippen molar-refractivity contribution >= 4 is 27.5 Å². The fourth-order valence-corrected chi connectivity index (χ4v) is 2.26. The minimum absolute atomic E-state index is 0.572. The number of hydrogen-bond donors (Lipinski definition) is 0. The number of aryl methyl sites for hydroxylation is 1. The average Bonchev–Trinajstić information content (AvgIpc) is 2.41. The van der Waals surface area contributed by atoms with Gasteiger partial charge in [-0.05, 0) is 36.8 Å². The van der Waals surface area contributed by atoms with Crippen LogP contribution in [0.15, 0.2) is 36.4 Å². The molecule has 0 radical (unpaired) electrons. The summed E-state index contributed by atoms with van der Waals surface area (Å²) in [6.45, 7) is 1.94. The van der Waals surface area contributed by atoms with E-state index in [2.05, 4.69) is 22.0 Å². The molecule has 0 bridgehead atoms. The molecule has 2 aromatic rings. The first kappa shape index (κ1) is 13.9. The van der Waals surface area contributed by atoms with E-state index in [0.717, 1.165) is 11.1 Å². The maximum absolute atomic E-state index is 8.93. The van der Waals surface area contributed by atoms with Crippen molar-refractivity contribution in [1.82, 2.24) is 0 Å². The molecular weight excluding hydrogens is 326 g/mol. The molecule has 0 saturated heterocycles. The number of halogens is 2. The van der Waals surface area contributed by atoms with Gasteiger partial charge >= 0.3 is 0 Å². The minimum atomic E-state index is 0.572. The van der Waals surface area contributed by atoms with Crippen LogP contribution in [0.25, 0.3) is 0 Å². The average molecular weight is 337 g/mol. The lowest BCUT2D eigenvalue weighted by Gasteiger charge is -2.12. The number of alkyl halides is 1. The summed E-state index contributed by atoms with van der Waals surface area (Å²) in [4.78, 5) is 0. The first-order chi connectivity index (χ1) is 9.13. The summed E-state index contributed by atoms with van der Waals surface area (Å²) in [7, 11) is 0. The van der Waals surface area contributed by atoms with Crippen LogP contribution in [-0.2, 0) is 5.33 Å². The first-order valence-electron chi connectivity index (χ1n) is 5.67. The van der Waals surface area contributed by atoms with Crippen LogP contribution in [0.1, 0.15) is 16.7 Å². The van der Waals surface area contributed by atoms with Gasteiger partial charge in [0.2, 0.25) is 0 Å². The van der Waals surface area contributed by atoms with Gasteiger partial charge in [-0.3, -0.25) is 0 Å². The largest absolute Gasteiger partial charge is 0.457 e. The molecule has 0 fully saturated rings. The van der Waals surface area contributed by atoms with E-state index in [1.807, 2.05) is 25.1 Å². The second kappa shape index (κ2) is 6.10. The van der Waals surface area contributed by atoms with E-state index >= 15 is 0 Å². The van der Waals surface area contributed by atoms with Crippen LogP contribution >= 0.6 is 27.5 Å². The second-order valence-corrected chi connectivity index (χ2v) is 5.08. The third-order valence-electron chi connectivity index (χ3n) is 2.71. The van der Waals surface area contributed by atoms with Gasteiger partial charge in [0.15, 0.2) is 0 Å². The van der Waals surface area contributed by atoms with E-state index in [9.17, 15) is 0 Å². The van der Waals surface area contributed by atoms with Crippen LogP contribution in [0, 0.1) is 18.3 Å². The maximum atomic E-state index is 8.93. The summed E-state index contributed by atoms with van der Waals surface area (Å²) in [6.07, 6.45) is 0. The smallest absolute Gasteiger partial charge is 0.132 e. The van der Waals surface area contributed by atoms with Crippen LogP contribution < -0.4 is 4.74 Å². The molecule has 0 aliphatic heterocycles. The summed E-state index contributed by atoms with van der Waals surface area (Å²) in [5.74, 6) is 1.37. The zero-order valence-corrected chi connectivity index (χ0v) is 12.6. The third kappa shape index (κ3) is 3.28. The molecule has 96 valence electrons. The Hall–Kier alpha value is -1.50. The fourth-order valence-electron chi connectivity index (χ4n) is 1.63. The van der Waals surface area contributed by atoms with E-state index in [-0.39, 0.29) is 0 Å². The van der Waals surface area contributed by atoms with Gasteiger partial charge in [-0.15, -0.1) is 0 Å². The van der Waals surface area contributed by atoms with Gasteiger partial charge in [-0.1, -0.05) is 39.7 Å². The first-order valence-corrected chi connectivity index (χ1v) is 7.17. The van der Waals surface area contributed by atoms with Crippen LogP contribution in [-0.4, -0.2) is 0 Å². The zero-order chi connectivity index (χ0) is 13.8. The van der Waals surface area contributed by atoms with Gasteiger partial charge in [0.1, 0.15) is 11.5 Å². The number of nitrogens with zero attached hydrogens (tertiary/aromatic N) is 1. The molecule has 19 heavy (non-hydrogen) atoms. The Kier molecular flexibility index (Phi) is 4.47. The number of nitriles is 1. The Morgan fingerprint density at radius 2 is 2.00 bits per heavy atom. The number of rotatable bonds is 3. The predicted octanol–water partition coefficient (Wildman–Crippen LogP) is 5.21. The van der Waals surface area contributed by atoms with Crippen LogP contribution in [0.4, 0.5) is 0 Å². The summed E-state index contributed by atoms with van der Waals surface area (Å²) in [5.41, 5.74) is 2.55. The highest BCUT2D eigenvalue weighted by Crippen LogP contribution is 2.31. The van der Waals surface area contributed by atoms with E-state index in [1.54, 1.807) is 18.2 Å². The fraction of sp³-hybridized carbons (Fsp3) is 0.133. The summed E-state index contributed by atoms with van der Waals surface area (Å²) >= 11 is 9.41. The molecule has 0 unspecified atom stereocenters. The summed E-state index contributed by atoms with van der Waals surface area (Å²) < 4.78 is 5.89. The maximum Gasteiger partial charge on any atom is 0.132 e. The van der Waals surface area contributed by atoms with Crippen molar-refractivity contribution in [3.63, 3.8) is 0 Å². The molecule has 2 aromatic carbocycles. The van der Waals surface area contributed by atoms with E-state index in [1.165, 1.54) is 0 Å². The van der Waals surface area contributed by atoms with Crippen molar-refractivity contribution in [3.05, 3.63) is 58.1 Å². The van der Waals surface area contributed by atoms with Crippen molar-refractivity contribution in [3.8, 4) is 17.6 Å². The Labute approximate surface area is 125 Å². The molecule has 0 heterocycles. The van der Waals surface area contributed by atoms with Gasteiger partial charge in [0.05, 0.1) is 11.6 Å². The molecule has 0 atom stereocenters. The standard InChI is InChI=1S/C15H11BrClNO/c1-10-2-3-11(9-18)6-14(10)19-15-7-13(17)5-4-12(15)8-16/h2-7H,8H2,1H3. The van der Waals surface area contributed by atoms with Gasteiger partial charge in [0.25, 0.3) is 0 Å². The molecular formula is C15H11BrClNO. The van der Waals surface area contributed by atoms with Crippen molar-refractivity contribution in [2.75, 3.05) is 0 Å². The lowest BCUT2D eigenvalue weighted by Crippen LogP contribution is -1.92. The zero-order valence-electron chi connectivity index (χ0n) is 10.3. The minimum Gasteiger partial charge on any atom is -0.457 e. The van der Waals surface area contributed by atoms with Crippen LogP contribution in [0.2, 0.25) is 5.02 Å². The predicted molar refractivity (Wildman–Crippen MR) is 80.1 cm³/mol. The highest BCUT2D eigenvalue weighted by molar-refractivity contribution is 9.08. The quantitative estimate of drug-likeness (QED) is 0.721. The van der Waals surface area contributed by atoms with Gasteiger partial charge < -0.3 is 4.74 Å². The number of benzene rings is 2. The topological polar surface area (TPSA) is 33.0 Å². The van der Waals surface area contributed by atoms with Crippen molar-refractivity contribution in [2.24, 2.45) is 0 Å². The molecule has 0 amide bonds. The monoisotopic (exact) mass is 335 g/mol.